The van der Waals surface area contributed by atoms with Crippen molar-refractivity contribution in [3.05, 3.63) is 84.2 Å². The molecule has 1 aromatic heterocycles. The van der Waals surface area contributed by atoms with Gasteiger partial charge in [-0.1, -0.05) is 12.1 Å². The topological polar surface area (TPSA) is 67.2 Å². The Morgan fingerprint density at radius 1 is 1.11 bits per heavy atom. The lowest BCUT2D eigenvalue weighted by Gasteiger charge is -2.35. The highest BCUT2D eigenvalue weighted by Gasteiger charge is 2.34. The van der Waals surface area contributed by atoms with Crippen LogP contribution in [-0.2, 0) is 4.79 Å². The highest BCUT2D eigenvalue weighted by molar-refractivity contribution is 5.98. The Morgan fingerprint density at radius 3 is 2.52 bits per heavy atom. The van der Waals surface area contributed by atoms with E-state index in [1.165, 1.54) is 29.2 Å². The second kappa shape index (κ2) is 7.03. The first-order chi connectivity index (χ1) is 13.1. The number of carbonyl (C=O) groups is 2. The molecule has 136 valence electrons. The predicted molar refractivity (Wildman–Crippen MR) is 96.8 cm³/mol. The standard InChI is InChI=1S/C20H17FN4O2/c21-16-5-1-14(2-6-16)18-19(26)23-10-12-25(18)20(27)15-3-7-17(8-4-15)24-11-9-22-13-24/h1-9,11,13,18H,10,12H2,(H,23,26)/t18-/m0/s1. The molecule has 7 heteroatoms. The van der Waals surface area contributed by atoms with Crippen LogP contribution >= 0.6 is 0 Å². The van der Waals surface area contributed by atoms with Crippen LogP contribution in [0.2, 0.25) is 0 Å². The zero-order valence-electron chi connectivity index (χ0n) is 14.4. The molecule has 1 atom stereocenters. The van der Waals surface area contributed by atoms with E-state index >= 15 is 0 Å². The van der Waals surface area contributed by atoms with Gasteiger partial charge in [-0.2, -0.15) is 0 Å². The van der Waals surface area contributed by atoms with Gasteiger partial charge in [0.15, 0.2) is 0 Å². The fraction of sp³-hybridized carbons (Fsp3) is 0.150. The van der Waals surface area contributed by atoms with Crippen LogP contribution in [0.1, 0.15) is 22.0 Å². The number of nitrogens with one attached hydrogen (secondary N) is 1. The summed E-state index contributed by atoms with van der Waals surface area (Å²) < 4.78 is 15.1. The summed E-state index contributed by atoms with van der Waals surface area (Å²) in [5, 5.41) is 2.77. The number of nitrogens with zero attached hydrogens (tertiary/aromatic N) is 3. The third kappa shape index (κ3) is 3.31. The van der Waals surface area contributed by atoms with Gasteiger partial charge < -0.3 is 14.8 Å². The van der Waals surface area contributed by atoms with Crippen molar-refractivity contribution >= 4 is 11.8 Å². The van der Waals surface area contributed by atoms with Crippen molar-refractivity contribution in [1.29, 1.82) is 0 Å². The average molecular weight is 364 g/mol. The SMILES string of the molecule is O=C1NCCN(C(=O)c2ccc(-n3ccnc3)cc2)[C@H]1c1ccc(F)cc1. The molecule has 0 bridgehead atoms. The maximum Gasteiger partial charge on any atom is 0.254 e. The number of aromatic nitrogens is 2. The third-order valence-electron chi connectivity index (χ3n) is 4.58. The van der Waals surface area contributed by atoms with Crippen molar-refractivity contribution in [3.63, 3.8) is 0 Å². The van der Waals surface area contributed by atoms with Gasteiger partial charge in [-0.25, -0.2) is 9.37 Å². The van der Waals surface area contributed by atoms with Crippen molar-refractivity contribution in [3.8, 4) is 5.69 Å². The van der Waals surface area contributed by atoms with Crippen LogP contribution in [0.5, 0.6) is 0 Å². The Balaban J connectivity index is 1.62. The Labute approximate surface area is 155 Å². The molecule has 1 fully saturated rings. The molecule has 1 aliphatic rings. The largest absolute Gasteiger partial charge is 0.352 e. The van der Waals surface area contributed by atoms with E-state index < -0.39 is 6.04 Å². The molecule has 0 radical (unpaired) electrons. The summed E-state index contributed by atoms with van der Waals surface area (Å²) in [4.78, 5) is 31.0. The Hall–Kier alpha value is -3.48. The summed E-state index contributed by atoms with van der Waals surface area (Å²) in [5.41, 5.74) is 1.95. The first-order valence-electron chi connectivity index (χ1n) is 8.56. The number of carbonyl (C=O) groups excluding carboxylic acids is 2. The van der Waals surface area contributed by atoms with Crippen molar-refractivity contribution < 1.29 is 14.0 Å². The van der Waals surface area contributed by atoms with Crippen molar-refractivity contribution in [2.75, 3.05) is 13.1 Å². The quantitative estimate of drug-likeness (QED) is 0.776. The van der Waals surface area contributed by atoms with E-state index in [1.54, 1.807) is 24.7 Å². The predicted octanol–water partition coefficient (Wildman–Crippen LogP) is 2.32. The summed E-state index contributed by atoms with van der Waals surface area (Å²) >= 11 is 0. The van der Waals surface area contributed by atoms with Gasteiger partial charge in [-0.3, -0.25) is 9.59 Å². The molecule has 2 amide bonds. The van der Waals surface area contributed by atoms with Crippen LogP contribution in [-0.4, -0.2) is 39.4 Å². The van der Waals surface area contributed by atoms with Crippen LogP contribution in [0, 0.1) is 5.82 Å². The molecular weight excluding hydrogens is 347 g/mol. The zero-order chi connectivity index (χ0) is 18.8. The van der Waals surface area contributed by atoms with Crippen LogP contribution in [0.4, 0.5) is 4.39 Å². The number of piperazine rings is 1. The molecule has 6 nitrogen and oxygen atoms in total. The van der Waals surface area contributed by atoms with E-state index in [2.05, 4.69) is 10.3 Å². The summed E-state index contributed by atoms with van der Waals surface area (Å²) in [5.74, 6) is -0.893. The van der Waals surface area contributed by atoms with Crippen LogP contribution in [0.3, 0.4) is 0 Å². The van der Waals surface area contributed by atoms with Gasteiger partial charge in [0.2, 0.25) is 5.91 Å². The molecule has 0 spiro atoms. The number of hydrogen-bond acceptors (Lipinski definition) is 3. The fourth-order valence-corrected chi connectivity index (χ4v) is 3.22. The molecule has 2 heterocycles. The molecule has 0 unspecified atom stereocenters. The van der Waals surface area contributed by atoms with Crippen molar-refractivity contribution in [2.45, 2.75) is 6.04 Å². The van der Waals surface area contributed by atoms with E-state index in [9.17, 15) is 14.0 Å². The summed E-state index contributed by atoms with van der Waals surface area (Å²) in [6, 6.07) is 12.0. The molecule has 27 heavy (non-hydrogen) atoms. The minimum atomic E-state index is -0.778. The van der Waals surface area contributed by atoms with Gasteiger partial charge >= 0.3 is 0 Å². The molecule has 0 aliphatic carbocycles. The van der Waals surface area contributed by atoms with E-state index in [-0.39, 0.29) is 17.6 Å². The van der Waals surface area contributed by atoms with E-state index in [0.717, 1.165) is 5.69 Å². The Bertz CT molecular complexity index is 953. The van der Waals surface area contributed by atoms with Gasteiger partial charge in [0.05, 0.1) is 6.33 Å². The molecule has 0 saturated carbocycles. The Morgan fingerprint density at radius 2 is 1.85 bits per heavy atom. The smallest absolute Gasteiger partial charge is 0.254 e. The van der Waals surface area contributed by atoms with Gasteiger partial charge in [-0.05, 0) is 42.0 Å². The number of rotatable bonds is 3. The maximum absolute atomic E-state index is 13.2. The highest BCUT2D eigenvalue weighted by Crippen LogP contribution is 2.25. The fourth-order valence-electron chi connectivity index (χ4n) is 3.22. The van der Waals surface area contributed by atoms with Gasteiger partial charge in [0.25, 0.3) is 5.91 Å². The number of amides is 2. The molecule has 1 saturated heterocycles. The number of hydrogen-bond donors (Lipinski definition) is 1. The minimum absolute atomic E-state index is 0.239. The number of halogens is 1. The summed E-state index contributed by atoms with van der Waals surface area (Å²) in [6.45, 7) is 0.769. The van der Waals surface area contributed by atoms with Gasteiger partial charge in [0, 0.05) is 36.7 Å². The monoisotopic (exact) mass is 364 g/mol. The van der Waals surface area contributed by atoms with Crippen molar-refractivity contribution in [2.24, 2.45) is 0 Å². The van der Waals surface area contributed by atoms with Crippen LogP contribution in [0.15, 0.2) is 67.3 Å². The van der Waals surface area contributed by atoms with Crippen LogP contribution in [0.25, 0.3) is 5.69 Å². The third-order valence-corrected chi connectivity index (χ3v) is 4.58. The minimum Gasteiger partial charge on any atom is -0.352 e. The second-order valence-electron chi connectivity index (χ2n) is 6.26. The van der Waals surface area contributed by atoms with Crippen molar-refractivity contribution in [1.82, 2.24) is 19.8 Å². The molecule has 1 aliphatic heterocycles. The van der Waals surface area contributed by atoms with Gasteiger partial charge in [0.1, 0.15) is 11.9 Å². The van der Waals surface area contributed by atoms with Gasteiger partial charge in [-0.15, -0.1) is 0 Å². The lowest BCUT2D eigenvalue weighted by molar-refractivity contribution is -0.128. The summed E-state index contributed by atoms with van der Waals surface area (Å²) in [7, 11) is 0. The zero-order valence-corrected chi connectivity index (χ0v) is 14.4. The first kappa shape index (κ1) is 17.0. The summed E-state index contributed by atoms with van der Waals surface area (Å²) in [6.07, 6.45) is 5.17. The maximum atomic E-state index is 13.2. The second-order valence-corrected chi connectivity index (χ2v) is 6.26. The van der Waals surface area contributed by atoms with E-state index in [4.69, 9.17) is 0 Å². The highest BCUT2D eigenvalue weighted by atomic mass is 19.1. The first-order valence-corrected chi connectivity index (χ1v) is 8.56. The molecule has 3 aromatic rings. The Kier molecular flexibility index (Phi) is 4.42. The normalized spacial score (nSPS) is 16.9. The van der Waals surface area contributed by atoms with Crippen LogP contribution < -0.4 is 5.32 Å². The molecule has 1 N–H and O–H groups in total. The van der Waals surface area contributed by atoms with E-state index in [0.29, 0.717) is 24.2 Å². The number of imidazole rings is 1. The van der Waals surface area contributed by atoms with E-state index in [1.807, 2.05) is 22.9 Å². The lowest BCUT2D eigenvalue weighted by Crippen LogP contribution is -2.52. The molecular formula is C20H17FN4O2. The lowest BCUT2D eigenvalue weighted by atomic mass is 10.0. The average Bonchev–Trinajstić information content (AvgIpc) is 3.23. The molecule has 2 aromatic carbocycles. The number of benzene rings is 2. The molecule has 4 rings (SSSR count).